The molecule has 34 heavy (non-hydrogen) atoms. The maximum absolute atomic E-state index is 9.98. The van der Waals surface area contributed by atoms with E-state index in [1.807, 2.05) is 48.9 Å². The second-order valence-electron chi connectivity index (χ2n) is 7.41. The van der Waals surface area contributed by atoms with E-state index < -0.39 is 0 Å². The van der Waals surface area contributed by atoms with E-state index in [4.69, 9.17) is 0 Å². The summed E-state index contributed by atoms with van der Waals surface area (Å²) in [4.78, 5) is 11.3. The number of phenolic OH excluding ortho intramolecular Hbond substituents is 2. The fourth-order valence-electron chi connectivity index (χ4n) is 3.40. The molecule has 4 aromatic carbocycles. The summed E-state index contributed by atoms with van der Waals surface area (Å²) < 4.78 is 0. The highest BCUT2D eigenvalue weighted by Gasteiger charge is 2.08. The van der Waals surface area contributed by atoms with E-state index in [2.05, 4.69) is 34.3 Å². The molecule has 0 fully saturated rings. The lowest BCUT2D eigenvalue weighted by atomic mass is 10.0. The molecule has 0 bridgehead atoms. The van der Waals surface area contributed by atoms with E-state index in [-0.39, 0.29) is 11.5 Å². The zero-order valence-electron chi connectivity index (χ0n) is 18.8. The van der Waals surface area contributed by atoms with E-state index in [9.17, 15) is 10.2 Å². The lowest BCUT2D eigenvalue weighted by Crippen LogP contribution is -1.85. The molecule has 0 aliphatic heterocycles. The number of para-hydroxylation sites is 2. The predicted molar refractivity (Wildman–Crippen MR) is 146 cm³/mol. The van der Waals surface area contributed by atoms with Gasteiger partial charge in [0.05, 0.1) is 11.4 Å². The van der Waals surface area contributed by atoms with Gasteiger partial charge in [-0.25, -0.2) is 0 Å². The van der Waals surface area contributed by atoms with Gasteiger partial charge in [-0.3, -0.25) is 9.98 Å². The van der Waals surface area contributed by atoms with Crippen LogP contribution in [0, 0.1) is 0 Å². The Bertz CT molecular complexity index is 1260. The average Bonchev–Trinajstić information content (AvgIpc) is 2.87. The fraction of sp³-hybridized carbons (Fsp3) is 0.0714. The zero-order chi connectivity index (χ0) is 23.9. The highest BCUT2D eigenvalue weighted by atomic mass is 32.2. The third kappa shape index (κ3) is 5.53. The topological polar surface area (TPSA) is 65.2 Å². The lowest BCUT2D eigenvalue weighted by Gasteiger charge is -2.10. The first kappa shape index (κ1) is 23.7. The van der Waals surface area contributed by atoms with E-state index in [0.29, 0.717) is 11.1 Å². The molecule has 0 aliphatic carbocycles. The number of hydrogen-bond acceptors (Lipinski definition) is 6. The Morgan fingerprint density at radius 1 is 0.588 bits per heavy atom. The van der Waals surface area contributed by atoms with E-state index in [1.165, 1.54) is 0 Å². The molecule has 4 aromatic rings. The molecule has 170 valence electrons. The maximum atomic E-state index is 9.98. The standard InChI is InChI=1S/C28H24N2O2S2/c1-33-27-15-19(11-13-23(27)29-17-21-7-3-5-9-25(21)31)20-12-14-24(28(16-20)34-2)30-18-22-8-4-6-10-26(22)32/h3-18,31-32H,1-2H3. The molecule has 2 N–H and O–H groups in total. The number of hydrogen-bond donors (Lipinski definition) is 2. The normalized spacial score (nSPS) is 11.5. The van der Waals surface area contributed by atoms with Crippen molar-refractivity contribution < 1.29 is 10.2 Å². The summed E-state index contributed by atoms with van der Waals surface area (Å²) in [5.41, 5.74) is 5.27. The predicted octanol–water partition coefficient (Wildman–Crippen LogP) is 7.71. The van der Waals surface area contributed by atoms with E-state index >= 15 is 0 Å². The molecule has 4 rings (SSSR count). The minimum absolute atomic E-state index is 0.211. The summed E-state index contributed by atoms with van der Waals surface area (Å²) >= 11 is 3.27. The van der Waals surface area contributed by atoms with E-state index in [0.717, 1.165) is 32.3 Å². The van der Waals surface area contributed by atoms with Crippen LogP contribution in [0.2, 0.25) is 0 Å². The highest BCUT2D eigenvalue weighted by Crippen LogP contribution is 2.37. The average molecular weight is 485 g/mol. The van der Waals surface area contributed by atoms with Crippen LogP contribution in [-0.2, 0) is 0 Å². The lowest BCUT2D eigenvalue weighted by molar-refractivity contribution is 0.474. The monoisotopic (exact) mass is 484 g/mol. The number of nitrogens with zero attached hydrogens (tertiary/aromatic N) is 2. The van der Waals surface area contributed by atoms with Crippen molar-refractivity contribution >= 4 is 47.3 Å². The molecule has 0 aromatic heterocycles. The van der Waals surface area contributed by atoms with Gasteiger partial charge in [0.15, 0.2) is 0 Å². The quantitative estimate of drug-likeness (QED) is 0.208. The van der Waals surface area contributed by atoms with Crippen molar-refractivity contribution in [3.63, 3.8) is 0 Å². The van der Waals surface area contributed by atoms with Gasteiger partial charge in [-0.1, -0.05) is 36.4 Å². The van der Waals surface area contributed by atoms with Crippen LogP contribution < -0.4 is 0 Å². The number of thioether (sulfide) groups is 2. The van der Waals surface area contributed by atoms with Crippen molar-refractivity contribution in [2.45, 2.75) is 9.79 Å². The highest BCUT2D eigenvalue weighted by molar-refractivity contribution is 7.99. The van der Waals surface area contributed by atoms with E-state index in [1.54, 1.807) is 60.2 Å². The molecule has 0 aliphatic rings. The SMILES string of the molecule is CSc1cc(-c2ccc(N=Cc3ccccc3O)c(SC)c2)ccc1N=Cc1ccccc1O. The van der Waals surface area contributed by atoms with Crippen LogP contribution in [0.1, 0.15) is 11.1 Å². The molecule has 0 atom stereocenters. The summed E-state index contributed by atoms with van der Waals surface area (Å²) in [6.07, 6.45) is 7.44. The van der Waals surface area contributed by atoms with Crippen molar-refractivity contribution in [2.24, 2.45) is 9.98 Å². The molecule has 0 saturated carbocycles. The molecule has 0 unspecified atom stereocenters. The Balaban J connectivity index is 1.61. The summed E-state index contributed by atoms with van der Waals surface area (Å²) in [7, 11) is 0. The van der Waals surface area contributed by atoms with Crippen molar-refractivity contribution in [1.82, 2.24) is 0 Å². The number of aromatic hydroxyl groups is 2. The van der Waals surface area contributed by atoms with Crippen molar-refractivity contribution in [2.75, 3.05) is 12.5 Å². The summed E-state index contributed by atoms with van der Waals surface area (Å²) in [6, 6.07) is 26.7. The molecule has 4 nitrogen and oxygen atoms in total. The number of phenols is 2. The minimum Gasteiger partial charge on any atom is -0.507 e. The summed E-state index contributed by atoms with van der Waals surface area (Å²) in [5.74, 6) is 0.423. The largest absolute Gasteiger partial charge is 0.507 e. The van der Waals surface area contributed by atoms with Gasteiger partial charge in [-0.2, -0.15) is 0 Å². The fourth-order valence-corrected chi connectivity index (χ4v) is 4.55. The first-order valence-electron chi connectivity index (χ1n) is 10.6. The molecule has 0 heterocycles. The zero-order valence-corrected chi connectivity index (χ0v) is 20.5. The Morgan fingerprint density at radius 3 is 1.38 bits per heavy atom. The molecular weight excluding hydrogens is 460 g/mol. The van der Waals surface area contributed by atoms with Crippen molar-refractivity contribution in [3.8, 4) is 22.6 Å². The van der Waals surface area contributed by atoms with Gasteiger partial charge < -0.3 is 10.2 Å². The smallest absolute Gasteiger partial charge is 0.124 e. The van der Waals surface area contributed by atoms with Crippen LogP contribution in [0.4, 0.5) is 11.4 Å². The summed E-state index contributed by atoms with van der Waals surface area (Å²) in [5, 5.41) is 20.0. The first-order chi connectivity index (χ1) is 16.6. The third-order valence-electron chi connectivity index (χ3n) is 5.25. The molecule has 0 spiro atoms. The molecule has 0 radical (unpaired) electrons. The Morgan fingerprint density at radius 2 is 1.00 bits per heavy atom. The Kier molecular flexibility index (Phi) is 7.72. The van der Waals surface area contributed by atoms with Crippen LogP contribution in [0.25, 0.3) is 11.1 Å². The van der Waals surface area contributed by atoms with Crippen molar-refractivity contribution in [1.29, 1.82) is 0 Å². The number of aliphatic imine (C=N–C) groups is 2. The van der Waals surface area contributed by atoms with Crippen LogP contribution in [-0.4, -0.2) is 35.2 Å². The number of benzene rings is 4. The van der Waals surface area contributed by atoms with Crippen LogP contribution in [0.3, 0.4) is 0 Å². The van der Waals surface area contributed by atoms with Crippen LogP contribution in [0.5, 0.6) is 11.5 Å². The first-order valence-corrected chi connectivity index (χ1v) is 13.0. The van der Waals surface area contributed by atoms with Gasteiger partial charge in [-0.15, -0.1) is 23.5 Å². The van der Waals surface area contributed by atoms with Gasteiger partial charge in [0, 0.05) is 33.3 Å². The van der Waals surface area contributed by atoms with Crippen LogP contribution in [0.15, 0.2) is 105 Å². The van der Waals surface area contributed by atoms with Crippen molar-refractivity contribution in [3.05, 3.63) is 96.1 Å². The third-order valence-corrected chi connectivity index (χ3v) is 6.79. The molecular formula is C28H24N2O2S2. The van der Waals surface area contributed by atoms with Gasteiger partial charge in [0.2, 0.25) is 0 Å². The Labute approximate surface area is 208 Å². The summed E-state index contributed by atoms with van der Waals surface area (Å²) in [6.45, 7) is 0. The second-order valence-corrected chi connectivity index (χ2v) is 9.10. The molecule has 6 heteroatoms. The van der Waals surface area contributed by atoms with Gasteiger partial charge in [0.1, 0.15) is 11.5 Å². The maximum Gasteiger partial charge on any atom is 0.124 e. The molecule has 0 saturated heterocycles. The van der Waals surface area contributed by atoms with Gasteiger partial charge >= 0.3 is 0 Å². The van der Waals surface area contributed by atoms with Gasteiger partial charge in [0.25, 0.3) is 0 Å². The van der Waals surface area contributed by atoms with Gasteiger partial charge in [-0.05, 0) is 72.2 Å². The Hall–Kier alpha value is -3.48. The number of rotatable bonds is 7. The molecule has 0 amide bonds. The van der Waals surface area contributed by atoms with Crippen LogP contribution >= 0.6 is 23.5 Å². The second kappa shape index (κ2) is 11.1. The minimum atomic E-state index is 0.211.